The first kappa shape index (κ1) is 8.35. The van der Waals surface area contributed by atoms with Crippen LogP contribution in [0.3, 0.4) is 0 Å². The molecule has 1 aliphatic heterocycles. The quantitative estimate of drug-likeness (QED) is 0.712. The van der Waals surface area contributed by atoms with E-state index < -0.39 is 0 Å². The van der Waals surface area contributed by atoms with Crippen LogP contribution in [0, 0.1) is 0 Å². The molecule has 1 atom stereocenters. The van der Waals surface area contributed by atoms with E-state index in [9.17, 15) is 4.79 Å². The van der Waals surface area contributed by atoms with E-state index in [1.54, 1.807) is 6.26 Å². The Hall–Kier alpha value is -1.25. The molecule has 0 aliphatic carbocycles. The predicted molar refractivity (Wildman–Crippen MR) is 48.3 cm³/mol. The summed E-state index contributed by atoms with van der Waals surface area (Å²) in [5.74, 6) is 1.16. The zero-order chi connectivity index (χ0) is 9.47. The summed E-state index contributed by atoms with van der Waals surface area (Å²) >= 11 is 0. The van der Waals surface area contributed by atoms with Crippen LogP contribution in [-0.2, 0) is 4.79 Å². The summed E-state index contributed by atoms with van der Waals surface area (Å²) in [4.78, 5) is 11.2. The van der Waals surface area contributed by atoms with Gasteiger partial charge in [0.15, 0.2) is 0 Å². The van der Waals surface area contributed by atoms with Crippen molar-refractivity contribution in [2.75, 3.05) is 0 Å². The van der Waals surface area contributed by atoms with Gasteiger partial charge in [0.1, 0.15) is 5.76 Å². The normalized spacial score (nSPS) is 26.0. The van der Waals surface area contributed by atoms with Crippen molar-refractivity contribution in [1.82, 2.24) is 5.32 Å². The van der Waals surface area contributed by atoms with Gasteiger partial charge in [0.25, 0.3) is 0 Å². The molecule has 13 heavy (non-hydrogen) atoms. The van der Waals surface area contributed by atoms with E-state index in [4.69, 9.17) is 4.42 Å². The van der Waals surface area contributed by atoms with E-state index >= 15 is 0 Å². The van der Waals surface area contributed by atoms with Crippen molar-refractivity contribution in [3.8, 4) is 0 Å². The number of nitrogens with one attached hydrogen (secondary N) is 1. The standard InChI is InChI=1S/C10H13NO2/c1-10(2)7(6-9(12)11-10)8-4-3-5-13-8/h3-5,7H,6H2,1-2H3,(H,11,12). The van der Waals surface area contributed by atoms with Crippen LogP contribution in [0.2, 0.25) is 0 Å². The molecule has 1 aromatic heterocycles. The first-order valence-electron chi connectivity index (χ1n) is 4.44. The van der Waals surface area contributed by atoms with Crippen LogP contribution in [0.4, 0.5) is 0 Å². The van der Waals surface area contributed by atoms with Crippen LogP contribution in [0.25, 0.3) is 0 Å². The number of hydrogen-bond acceptors (Lipinski definition) is 2. The van der Waals surface area contributed by atoms with Gasteiger partial charge in [-0.25, -0.2) is 0 Å². The fourth-order valence-electron chi connectivity index (χ4n) is 1.88. The van der Waals surface area contributed by atoms with E-state index in [1.807, 2.05) is 26.0 Å². The van der Waals surface area contributed by atoms with Crippen molar-refractivity contribution < 1.29 is 9.21 Å². The summed E-state index contributed by atoms with van der Waals surface area (Å²) in [6, 6.07) is 3.78. The van der Waals surface area contributed by atoms with E-state index in [-0.39, 0.29) is 17.4 Å². The molecule has 1 saturated heterocycles. The highest BCUT2D eigenvalue weighted by Gasteiger charge is 2.41. The summed E-state index contributed by atoms with van der Waals surface area (Å²) in [5.41, 5.74) is -0.186. The van der Waals surface area contributed by atoms with E-state index in [2.05, 4.69) is 5.32 Å². The van der Waals surface area contributed by atoms with E-state index in [0.29, 0.717) is 6.42 Å². The van der Waals surface area contributed by atoms with Gasteiger partial charge in [-0.1, -0.05) is 0 Å². The van der Waals surface area contributed by atoms with Crippen molar-refractivity contribution in [3.63, 3.8) is 0 Å². The Balaban J connectivity index is 2.30. The molecule has 1 aromatic rings. The Kier molecular flexibility index (Phi) is 1.68. The summed E-state index contributed by atoms with van der Waals surface area (Å²) in [7, 11) is 0. The van der Waals surface area contributed by atoms with Crippen molar-refractivity contribution in [3.05, 3.63) is 24.2 Å². The maximum absolute atomic E-state index is 11.2. The molecular weight excluding hydrogens is 166 g/mol. The minimum Gasteiger partial charge on any atom is -0.469 e. The number of carbonyl (C=O) groups excluding carboxylic acids is 1. The molecule has 0 radical (unpaired) electrons. The smallest absolute Gasteiger partial charge is 0.221 e. The molecule has 1 unspecified atom stereocenters. The zero-order valence-electron chi connectivity index (χ0n) is 7.83. The Morgan fingerprint density at radius 3 is 2.85 bits per heavy atom. The molecular formula is C10H13NO2. The van der Waals surface area contributed by atoms with Crippen LogP contribution < -0.4 is 5.32 Å². The lowest BCUT2D eigenvalue weighted by molar-refractivity contribution is -0.119. The molecule has 2 rings (SSSR count). The summed E-state index contributed by atoms with van der Waals surface area (Å²) < 4.78 is 5.31. The van der Waals surface area contributed by atoms with Gasteiger partial charge in [-0.3, -0.25) is 4.79 Å². The monoisotopic (exact) mass is 179 g/mol. The highest BCUT2D eigenvalue weighted by molar-refractivity contribution is 5.81. The first-order valence-corrected chi connectivity index (χ1v) is 4.44. The zero-order valence-corrected chi connectivity index (χ0v) is 7.83. The number of amides is 1. The Bertz CT molecular complexity index is 314. The molecule has 0 aromatic carbocycles. The third-order valence-corrected chi connectivity index (χ3v) is 2.61. The average molecular weight is 179 g/mol. The number of furan rings is 1. The molecule has 1 amide bonds. The third-order valence-electron chi connectivity index (χ3n) is 2.61. The van der Waals surface area contributed by atoms with Gasteiger partial charge in [-0.15, -0.1) is 0 Å². The van der Waals surface area contributed by atoms with Crippen LogP contribution in [-0.4, -0.2) is 11.4 Å². The van der Waals surface area contributed by atoms with Crippen molar-refractivity contribution >= 4 is 5.91 Å². The minimum atomic E-state index is -0.186. The summed E-state index contributed by atoms with van der Waals surface area (Å²) in [6.45, 7) is 4.04. The fourth-order valence-corrected chi connectivity index (χ4v) is 1.88. The minimum absolute atomic E-state index is 0.103. The highest BCUT2D eigenvalue weighted by atomic mass is 16.3. The molecule has 1 fully saturated rings. The van der Waals surface area contributed by atoms with Gasteiger partial charge < -0.3 is 9.73 Å². The lowest BCUT2D eigenvalue weighted by Gasteiger charge is -2.24. The predicted octanol–water partition coefficient (Wildman–Crippen LogP) is 1.66. The van der Waals surface area contributed by atoms with Crippen LogP contribution in [0.5, 0.6) is 0 Å². The molecule has 70 valence electrons. The second-order valence-electron chi connectivity index (χ2n) is 4.04. The van der Waals surface area contributed by atoms with Crippen molar-refractivity contribution in [2.24, 2.45) is 0 Å². The Labute approximate surface area is 77.1 Å². The molecule has 0 saturated carbocycles. The molecule has 3 heteroatoms. The number of hydrogen-bond donors (Lipinski definition) is 1. The van der Waals surface area contributed by atoms with Gasteiger partial charge in [0, 0.05) is 17.9 Å². The molecule has 1 N–H and O–H groups in total. The fraction of sp³-hybridized carbons (Fsp3) is 0.500. The molecule has 1 aliphatic rings. The number of carbonyl (C=O) groups is 1. The molecule has 3 nitrogen and oxygen atoms in total. The van der Waals surface area contributed by atoms with Crippen LogP contribution >= 0.6 is 0 Å². The topological polar surface area (TPSA) is 42.2 Å². The average Bonchev–Trinajstić information content (AvgIpc) is 2.56. The lowest BCUT2D eigenvalue weighted by atomic mass is 9.87. The SMILES string of the molecule is CC1(C)NC(=O)CC1c1ccco1. The Morgan fingerprint density at radius 2 is 2.38 bits per heavy atom. The first-order chi connectivity index (χ1) is 6.09. The summed E-state index contributed by atoms with van der Waals surface area (Å²) in [6.07, 6.45) is 2.18. The Morgan fingerprint density at radius 1 is 1.62 bits per heavy atom. The van der Waals surface area contributed by atoms with Gasteiger partial charge in [-0.05, 0) is 26.0 Å². The van der Waals surface area contributed by atoms with Gasteiger partial charge in [0.2, 0.25) is 5.91 Å². The lowest BCUT2D eigenvalue weighted by Crippen LogP contribution is -2.38. The van der Waals surface area contributed by atoms with E-state index in [0.717, 1.165) is 5.76 Å². The summed E-state index contributed by atoms with van der Waals surface area (Å²) in [5, 5.41) is 2.93. The second-order valence-corrected chi connectivity index (χ2v) is 4.04. The molecule has 0 bridgehead atoms. The third kappa shape index (κ3) is 1.34. The molecule has 0 spiro atoms. The van der Waals surface area contributed by atoms with Gasteiger partial charge >= 0.3 is 0 Å². The van der Waals surface area contributed by atoms with E-state index in [1.165, 1.54) is 0 Å². The largest absolute Gasteiger partial charge is 0.469 e. The van der Waals surface area contributed by atoms with Crippen molar-refractivity contribution in [1.29, 1.82) is 0 Å². The highest BCUT2D eigenvalue weighted by Crippen LogP contribution is 2.35. The van der Waals surface area contributed by atoms with Gasteiger partial charge in [0.05, 0.1) is 6.26 Å². The maximum Gasteiger partial charge on any atom is 0.221 e. The van der Waals surface area contributed by atoms with Gasteiger partial charge in [-0.2, -0.15) is 0 Å². The van der Waals surface area contributed by atoms with Crippen molar-refractivity contribution in [2.45, 2.75) is 31.7 Å². The second kappa shape index (κ2) is 2.62. The van der Waals surface area contributed by atoms with Crippen LogP contribution in [0.1, 0.15) is 31.9 Å². The maximum atomic E-state index is 11.2. The van der Waals surface area contributed by atoms with Crippen LogP contribution in [0.15, 0.2) is 22.8 Å². The number of rotatable bonds is 1. The molecule has 2 heterocycles.